The maximum atomic E-state index is 9.19. The van der Waals surface area contributed by atoms with E-state index in [1.807, 2.05) is 16.7 Å². The van der Waals surface area contributed by atoms with Gasteiger partial charge < -0.3 is 23.9 Å². The Morgan fingerprint density at radius 3 is 1.36 bits per heavy atom. The van der Waals surface area contributed by atoms with Gasteiger partial charge in [0, 0.05) is 46.6 Å². The molecule has 18 rings (SSSR count). The van der Waals surface area contributed by atoms with E-state index in [-0.39, 0.29) is 13.8 Å². The summed E-state index contributed by atoms with van der Waals surface area (Å²) in [7, 11) is 0.241. The third-order valence-corrected chi connectivity index (χ3v) is 20.6. The number of rotatable bonds is 7. The molecule has 0 atom stereocenters. The van der Waals surface area contributed by atoms with E-state index >= 15 is 0 Å². The van der Waals surface area contributed by atoms with Gasteiger partial charge in [-0.3, -0.25) is 4.55 Å². The van der Waals surface area contributed by atoms with Gasteiger partial charge in [0.2, 0.25) is 5.06 Å². The molecule has 4 aromatic heterocycles. The Kier molecular flexibility index (Phi) is 28.2. The molecule has 17 aromatic rings. The molecule has 13 aromatic carbocycles. The van der Waals surface area contributed by atoms with Crippen LogP contribution in [0.5, 0.6) is 15.9 Å². The predicted octanol–water partition coefficient (Wildman–Crippen LogP) is 25.6. The average molecular weight is 1550 g/mol. The number of hydrogen-bond acceptors (Lipinski definition) is 11. The van der Waals surface area contributed by atoms with Gasteiger partial charge in [-0.15, -0.1) is 68.5 Å². The normalized spacial score (nSPS) is 11.5. The molecule has 18 heteroatoms. The van der Waals surface area contributed by atoms with Crippen LogP contribution in [0, 0.1) is 0 Å². The van der Waals surface area contributed by atoms with E-state index in [0.29, 0.717) is 24.8 Å². The molecule has 0 unspecified atom stereocenters. The fourth-order valence-electron chi connectivity index (χ4n) is 12.0. The number of fused-ring (bicyclic) bond motifs is 12. The Balaban J connectivity index is 0.000000134. The minimum atomic E-state index is -3.67. The first-order chi connectivity index (χ1) is 49.7. The zero-order valence-electron chi connectivity index (χ0n) is 56.8. The van der Waals surface area contributed by atoms with Crippen LogP contribution in [-0.2, 0) is 14.9 Å². The predicted molar refractivity (Wildman–Crippen MR) is 454 cm³/mol. The molecule has 0 amide bonds. The van der Waals surface area contributed by atoms with E-state index in [0.717, 1.165) is 28.3 Å². The molecule has 103 heavy (non-hydrogen) atoms. The minimum absolute atomic E-state index is 0. The summed E-state index contributed by atoms with van der Waals surface area (Å²) in [4.78, 5) is 1.32. The lowest BCUT2D eigenvalue weighted by atomic mass is 9.97. The number of thiophene rings is 4. The largest absolute Gasteiger partial charge is 0.569 e. The van der Waals surface area contributed by atoms with Gasteiger partial charge in [0.15, 0.2) is 10.8 Å². The van der Waals surface area contributed by atoms with Crippen LogP contribution in [0.2, 0.25) is 0 Å². The van der Waals surface area contributed by atoms with Crippen molar-refractivity contribution in [1.29, 1.82) is 0 Å². The van der Waals surface area contributed by atoms with Gasteiger partial charge in [0.1, 0.15) is 0 Å². The molecule has 8 nitrogen and oxygen atoms in total. The van der Waals surface area contributed by atoms with Crippen molar-refractivity contribution in [2.45, 2.75) is 19.8 Å². The second kappa shape index (κ2) is 37.7. The highest BCUT2D eigenvalue weighted by atomic mass is 79.9. The smallest absolute Gasteiger partial charge is 0.534 e. The Hall–Kier alpha value is -8.58. The molecule has 1 aliphatic rings. The lowest BCUT2D eigenvalue weighted by molar-refractivity contribution is 0.198. The molecule has 4 radical (unpaired) electrons. The molecule has 0 saturated carbocycles. The quantitative estimate of drug-likeness (QED) is 0.0534. The Bertz CT molecular complexity index is 5800. The summed E-state index contributed by atoms with van der Waals surface area (Å²) in [5.74, 6) is 0.537. The van der Waals surface area contributed by atoms with Gasteiger partial charge in [-0.25, -0.2) is 0 Å². The van der Waals surface area contributed by atoms with Crippen LogP contribution in [0.3, 0.4) is 0 Å². The zero-order chi connectivity index (χ0) is 71.4. The zero-order valence-corrected chi connectivity index (χ0v) is 64.0. The maximum Gasteiger partial charge on any atom is 0.569 e. The van der Waals surface area contributed by atoms with Crippen molar-refractivity contribution in [2.24, 2.45) is 0 Å². The number of ether oxygens (including phenoxy) is 3. The molecule has 1 fully saturated rings. The van der Waals surface area contributed by atoms with E-state index in [1.54, 1.807) is 43.0 Å². The highest BCUT2D eigenvalue weighted by Crippen LogP contribution is 2.39. The molecule has 0 bridgehead atoms. The molecule has 2 N–H and O–H groups in total. The third-order valence-electron chi connectivity index (χ3n) is 16.6. The average Bonchev–Trinajstić information content (AvgIpc) is 1.74. The monoisotopic (exact) mass is 1550 g/mol. The summed E-state index contributed by atoms with van der Waals surface area (Å²) < 4.78 is 48.3. The van der Waals surface area contributed by atoms with Gasteiger partial charge >= 0.3 is 7.69 Å². The van der Waals surface area contributed by atoms with Crippen LogP contribution in [0.4, 0.5) is 0 Å². The minimum Gasteiger partial charge on any atom is -0.534 e. The van der Waals surface area contributed by atoms with E-state index in [9.17, 15) is 8.42 Å². The second-order valence-corrected chi connectivity index (χ2v) is 30.2. The number of benzene rings is 13. The van der Waals surface area contributed by atoms with Crippen LogP contribution in [0.15, 0.2) is 281 Å². The van der Waals surface area contributed by atoms with Crippen molar-refractivity contribution in [3.05, 3.63) is 286 Å². The summed E-state index contributed by atoms with van der Waals surface area (Å²) in [6.07, 6.45) is 7.56. The second-order valence-electron chi connectivity index (χ2n) is 23.4. The summed E-state index contributed by atoms with van der Waals surface area (Å²) in [6, 6.07) is 89.3. The Labute approximate surface area is 637 Å². The van der Waals surface area contributed by atoms with Gasteiger partial charge in [0.25, 0.3) is 10.1 Å². The summed E-state index contributed by atoms with van der Waals surface area (Å²) >= 11 is 19.7. The van der Waals surface area contributed by atoms with E-state index in [4.69, 9.17) is 47.0 Å². The van der Waals surface area contributed by atoms with Crippen molar-refractivity contribution in [3.8, 4) is 38.1 Å². The van der Waals surface area contributed by atoms with Crippen molar-refractivity contribution < 1.29 is 36.9 Å². The molecule has 1 aliphatic heterocycles. The van der Waals surface area contributed by atoms with Crippen LogP contribution >= 0.6 is 84.5 Å². The van der Waals surface area contributed by atoms with Crippen LogP contribution in [-0.4, -0.2) is 73.1 Å². The maximum absolute atomic E-state index is 9.19. The Morgan fingerprint density at radius 1 is 0.466 bits per heavy atom. The highest BCUT2D eigenvalue weighted by molar-refractivity contribution is 9.10. The molecular formula is C85H71B2BrCl2O8S5. The first kappa shape index (κ1) is 77.0. The fraction of sp³-hybridized carbons (Fsp3) is 0.106. The van der Waals surface area contributed by atoms with E-state index in [1.165, 1.54) is 153 Å². The topological polar surface area (TPSA) is 112 Å². The van der Waals surface area contributed by atoms with Crippen LogP contribution in [0.1, 0.15) is 24.6 Å². The van der Waals surface area contributed by atoms with Crippen molar-refractivity contribution in [3.63, 3.8) is 0 Å². The van der Waals surface area contributed by atoms with Gasteiger partial charge in [-0.05, 0) is 264 Å². The lowest BCUT2D eigenvalue weighted by Gasteiger charge is -2.07. The number of allylic oxidation sites excluding steroid dienone is 1. The lowest BCUT2D eigenvalue weighted by Crippen LogP contribution is -1.99. The number of alkyl halides is 2. The summed E-state index contributed by atoms with van der Waals surface area (Å²) in [6.45, 7) is 4.07. The van der Waals surface area contributed by atoms with Gasteiger partial charge in [0.05, 0.1) is 25.8 Å². The summed E-state index contributed by atoms with van der Waals surface area (Å²) in [5, 5.41) is 43.1. The van der Waals surface area contributed by atoms with Gasteiger partial charge in [-0.2, -0.15) is 8.42 Å². The fourth-order valence-corrected chi connectivity index (χ4v) is 15.4. The molecule has 5 heterocycles. The molecule has 0 aliphatic carbocycles. The first-order valence-corrected chi connectivity index (χ1v) is 39.8. The van der Waals surface area contributed by atoms with E-state index < -0.39 is 10.1 Å². The van der Waals surface area contributed by atoms with Crippen molar-refractivity contribution in [1.82, 2.24) is 0 Å². The highest BCUT2D eigenvalue weighted by Gasteiger charge is 2.12. The number of methoxy groups -OCH3 is 2. The molecular weight excluding hydrogens is 1480 g/mol. The van der Waals surface area contributed by atoms with Crippen LogP contribution in [0.25, 0.3) is 135 Å². The summed E-state index contributed by atoms with van der Waals surface area (Å²) in [5.41, 5.74) is 4.98. The third kappa shape index (κ3) is 20.4. The Morgan fingerprint density at radius 2 is 0.864 bits per heavy atom. The SMILES string of the molecule is Brc1ccc2cc3ccccc3cc2c1.C1CCOC1.CC=Cc1sccc1-c1ccc2cc3ccccc3cc2c1.COc1sccc1-c1ccc2cc3ccccc3cc2c1.COc1sccc1O[B]O.CS(=O)(=O)O.ClCCl.[B].c1ccc2cc3c(ccc4c5ccsc5ccc34)cc2c1. The standard InChI is InChI=1S/C21H16S.C20H12S.C19H14OS.C14H9Br.C5H6BO3S.C4H8O.CH2Cl2.CH4O3S.B/c1-2-5-21-20(10-11-22-21)18-9-8-17-12-15-6-3-4-7-16(15)13-19(17)14-18;1-2-4-14-12-19-15(11-13(14)3-1)5-6-16-17(19)7-8-20-18(16)9-10-21-20;1-20-19-18(8-9-21-19)16-7-6-15-10-13-4-2-3-5-14(13)11-17(15)12-16;15-14-6-5-12-7-10-3-1-2-4-11(10)8-13(12)9-14;1-8-5-4(9-6-7)2-3-10-5;1-2-4-5-3-1;2-1-3;1-5(2,3)4;/h2-14H,1H3;1-12H;2-12H,1H3;1-9H;2-3,7H,1H3;1-4H2;1H2;1H3,(H,2,3,4);. The number of hydrogen-bond donors (Lipinski definition) is 2. The van der Waals surface area contributed by atoms with E-state index in [2.05, 4.69) is 298 Å². The number of halogens is 3. The van der Waals surface area contributed by atoms with Crippen molar-refractivity contribution >= 4 is 224 Å². The van der Waals surface area contributed by atoms with Crippen LogP contribution < -0.4 is 14.1 Å². The molecule has 1 saturated heterocycles. The molecule has 516 valence electrons. The van der Waals surface area contributed by atoms with Crippen molar-refractivity contribution in [2.75, 3.05) is 39.0 Å². The first-order valence-electron chi connectivity index (χ1n) is 32.6. The van der Waals surface area contributed by atoms with Gasteiger partial charge in [-0.1, -0.05) is 168 Å². The molecule has 0 spiro atoms.